The topological polar surface area (TPSA) is 78.2 Å². The molecule has 1 atom stereocenters. The van der Waals surface area contributed by atoms with Crippen LogP contribution in [0.1, 0.15) is 6.92 Å². The third-order valence-corrected chi connectivity index (χ3v) is 4.49. The lowest BCUT2D eigenvalue weighted by molar-refractivity contribution is -0.114. The van der Waals surface area contributed by atoms with Crippen molar-refractivity contribution in [3.8, 4) is 0 Å². The van der Waals surface area contributed by atoms with Gasteiger partial charge in [-0.1, -0.05) is 15.9 Å². The molecule has 0 aliphatic heterocycles. The number of hydrogen-bond acceptors (Lipinski definition) is 3. The fraction of sp³-hybridized carbons (Fsp3) is 0.0714. The summed E-state index contributed by atoms with van der Waals surface area (Å²) in [6.07, 6.45) is 0. The van der Waals surface area contributed by atoms with Crippen LogP contribution in [-0.2, 0) is 16.0 Å². The van der Waals surface area contributed by atoms with E-state index in [0.29, 0.717) is 21.2 Å². The molecule has 2 aromatic carbocycles. The monoisotopic (exact) mass is 352 g/mol. The lowest BCUT2D eigenvalue weighted by atomic mass is 10.2. The zero-order chi connectivity index (χ0) is 14.7. The molecule has 3 N–H and O–H groups in total. The van der Waals surface area contributed by atoms with E-state index in [1.54, 1.807) is 30.3 Å². The van der Waals surface area contributed by atoms with Gasteiger partial charge in [-0.3, -0.25) is 4.79 Å². The molecular weight excluding hydrogens is 340 g/mol. The number of halogens is 1. The van der Waals surface area contributed by atoms with Crippen molar-refractivity contribution in [2.45, 2.75) is 16.7 Å². The molecule has 0 aliphatic rings. The lowest BCUT2D eigenvalue weighted by Gasteiger charge is -2.12. The van der Waals surface area contributed by atoms with Gasteiger partial charge < -0.3 is 15.6 Å². The normalized spacial score (nSPS) is 11.9. The van der Waals surface area contributed by atoms with Gasteiger partial charge in [0.05, 0.1) is 11.4 Å². The molecule has 104 valence electrons. The van der Waals surface area contributed by atoms with Crippen LogP contribution in [0.2, 0.25) is 0 Å². The molecule has 0 radical (unpaired) electrons. The first-order valence-corrected chi connectivity index (χ1v) is 7.76. The van der Waals surface area contributed by atoms with Crippen LogP contribution in [0.5, 0.6) is 0 Å². The standard InChI is InChI=1S/C14H13BrN2O2S/c1-9(18)17-14-7-6-12(8-13(14)16)20(19)11-4-2-10(15)3-5-11/h2-8H,16H2,1H3,(H,17,18). The van der Waals surface area contributed by atoms with Crippen molar-refractivity contribution in [3.05, 3.63) is 46.9 Å². The van der Waals surface area contributed by atoms with Crippen LogP contribution in [0.15, 0.2) is 56.7 Å². The molecule has 0 saturated carbocycles. The second-order valence-electron chi connectivity index (χ2n) is 4.15. The summed E-state index contributed by atoms with van der Waals surface area (Å²) in [7, 11) is 0. The molecule has 20 heavy (non-hydrogen) atoms. The minimum absolute atomic E-state index is 0.196. The van der Waals surface area contributed by atoms with Gasteiger partial charge in [-0.25, -0.2) is 0 Å². The van der Waals surface area contributed by atoms with Crippen molar-refractivity contribution < 1.29 is 9.35 Å². The van der Waals surface area contributed by atoms with Crippen LogP contribution >= 0.6 is 15.9 Å². The minimum atomic E-state index is -1.30. The van der Waals surface area contributed by atoms with E-state index in [1.807, 2.05) is 12.1 Å². The molecule has 2 aromatic rings. The molecule has 6 heteroatoms. The fourth-order valence-corrected chi connectivity index (χ4v) is 3.00. The van der Waals surface area contributed by atoms with Crippen LogP contribution in [0, 0.1) is 0 Å². The molecule has 1 amide bonds. The number of benzene rings is 2. The van der Waals surface area contributed by atoms with Crippen molar-refractivity contribution in [1.29, 1.82) is 0 Å². The van der Waals surface area contributed by atoms with E-state index < -0.39 is 11.2 Å². The van der Waals surface area contributed by atoms with Gasteiger partial charge >= 0.3 is 0 Å². The molecule has 1 unspecified atom stereocenters. The molecule has 0 heterocycles. The summed E-state index contributed by atoms with van der Waals surface area (Å²) < 4.78 is 13.3. The summed E-state index contributed by atoms with van der Waals surface area (Å²) >= 11 is 2.04. The van der Waals surface area contributed by atoms with E-state index in [2.05, 4.69) is 21.2 Å². The van der Waals surface area contributed by atoms with Gasteiger partial charge in [0.15, 0.2) is 9.79 Å². The number of carbonyl (C=O) groups excluding carboxylic acids is 1. The second kappa shape index (κ2) is 6.30. The van der Waals surface area contributed by atoms with E-state index in [1.165, 1.54) is 6.92 Å². The third-order valence-electron chi connectivity index (χ3n) is 2.58. The van der Waals surface area contributed by atoms with Gasteiger partial charge in [0.2, 0.25) is 5.91 Å². The number of rotatable bonds is 3. The zero-order valence-corrected chi connectivity index (χ0v) is 13.1. The summed E-state index contributed by atoms with van der Waals surface area (Å²) in [6.45, 7) is 1.41. The highest BCUT2D eigenvalue weighted by Gasteiger charge is 2.16. The Morgan fingerprint density at radius 3 is 2.35 bits per heavy atom. The van der Waals surface area contributed by atoms with Gasteiger partial charge in [-0.2, -0.15) is 0 Å². The Morgan fingerprint density at radius 1 is 1.20 bits per heavy atom. The third kappa shape index (κ3) is 3.53. The van der Waals surface area contributed by atoms with E-state index in [9.17, 15) is 9.35 Å². The van der Waals surface area contributed by atoms with Gasteiger partial charge in [0.25, 0.3) is 0 Å². The maximum absolute atomic E-state index is 12.4. The molecule has 4 nitrogen and oxygen atoms in total. The summed E-state index contributed by atoms with van der Waals surface area (Å²) in [5.74, 6) is -0.196. The van der Waals surface area contributed by atoms with Crippen LogP contribution in [0.3, 0.4) is 0 Å². The van der Waals surface area contributed by atoms with Crippen molar-refractivity contribution in [2.75, 3.05) is 11.1 Å². The highest BCUT2D eigenvalue weighted by atomic mass is 79.9. The van der Waals surface area contributed by atoms with Crippen LogP contribution in [-0.4, -0.2) is 10.5 Å². The Kier molecular flexibility index (Phi) is 4.69. The van der Waals surface area contributed by atoms with Crippen molar-refractivity contribution in [1.82, 2.24) is 0 Å². The van der Waals surface area contributed by atoms with Gasteiger partial charge in [-0.05, 0) is 36.4 Å². The van der Waals surface area contributed by atoms with E-state index in [0.717, 1.165) is 4.47 Å². The maximum Gasteiger partial charge on any atom is 0.221 e. The summed E-state index contributed by atoms with van der Waals surface area (Å²) in [5.41, 5.74) is 6.77. The Bertz CT molecular complexity index is 632. The first-order chi connectivity index (χ1) is 9.47. The predicted molar refractivity (Wildman–Crippen MR) is 84.0 cm³/mol. The number of amides is 1. The number of hydrogen-bond donors (Lipinski definition) is 2. The van der Waals surface area contributed by atoms with Crippen molar-refractivity contribution in [2.24, 2.45) is 0 Å². The smallest absolute Gasteiger partial charge is 0.221 e. The highest BCUT2D eigenvalue weighted by molar-refractivity contribution is 9.10. The minimum Gasteiger partial charge on any atom is -0.606 e. The number of nitrogens with two attached hydrogens (primary N) is 1. The molecule has 0 aliphatic carbocycles. The number of nitrogen functional groups attached to an aromatic ring is 1. The van der Waals surface area contributed by atoms with E-state index in [-0.39, 0.29) is 5.91 Å². The van der Waals surface area contributed by atoms with Crippen LogP contribution in [0.25, 0.3) is 0 Å². The van der Waals surface area contributed by atoms with Crippen molar-refractivity contribution >= 4 is 44.4 Å². The summed E-state index contributed by atoms with van der Waals surface area (Å²) in [4.78, 5) is 12.3. The van der Waals surface area contributed by atoms with Crippen molar-refractivity contribution in [3.63, 3.8) is 0 Å². The SMILES string of the molecule is CC(=O)Nc1ccc([S+]([O-])c2ccc(Br)cc2)cc1N. The Labute approximate surface area is 128 Å². The Balaban J connectivity index is 2.26. The summed E-state index contributed by atoms with van der Waals surface area (Å²) in [6, 6.07) is 12.2. The largest absolute Gasteiger partial charge is 0.606 e. The first-order valence-electron chi connectivity index (χ1n) is 5.82. The van der Waals surface area contributed by atoms with Gasteiger partial charge in [0.1, 0.15) is 0 Å². The zero-order valence-electron chi connectivity index (χ0n) is 10.7. The Hall–Kier alpha value is -1.50. The van der Waals surface area contributed by atoms with Gasteiger partial charge in [-0.15, -0.1) is 0 Å². The average Bonchev–Trinajstić information content (AvgIpc) is 2.41. The number of nitrogens with one attached hydrogen (secondary N) is 1. The Morgan fingerprint density at radius 2 is 1.80 bits per heavy atom. The van der Waals surface area contributed by atoms with Gasteiger partial charge in [0, 0.05) is 28.6 Å². The molecule has 0 fully saturated rings. The summed E-state index contributed by atoms with van der Waals surface area (Å²) in [5, 5.41) is 2.62. The molecule has 0 spiro atoms. The first kappa shape index (κ1) is 14.9. The number of anilines is 2. The second-order valence-corrected chi connectivity index (χ2v) is 6.55. The van der Waals surface area contributed by atoms with Crippen LogP contribution < -0.4 is 11.1 Å². The lowest BCUT2D eigenvalue weighted by Crippen LogP contribution is -2.09. The molecule has 2 rings (SSSR count). The van der Waals surface area contributed by atoms with E-state index >= 15 is 0 Å². The quantitative estimate of drug-likeness (QED) is 0.657. The predicted octanol–water partition coefficient (Wildman–Crippen LogP) is 3.16. The molecular formula is C14H13BrN2O2S. The molecule has 0 aromatic heterocycles. The number of carbonyl (C=O) groups is 1. The maximum atomic E-state index is 12.4. The van der Waals surface area contributed by atoms with E-state index in [4.69, 9.17) is 5.73 Å². The fourth-order valence-electron chi connectivity index (χ4n) is 1.65. The average molecular weight is 353 g/mol. The molecule has 0 saturated heterocycles. The van der Waals surface area contributed by atoms with Crippen LogP contribution in [0.4, 0.5) is 11.4 Å². The highest BCUT2D eigenvalue weighted by Crippen LogP contribution is 2.27. The molecule has 0 bridgehead atoms.